The van der Waals surface area contributed by atoms with E-state index in [1.165, 1.54) is 11.3 Å². The number of nitrogens with one attached hydrogen (secondary N) is 1. The molecule has 2 heterocycles. The van der Waals surface area contributed by atoms with Gasteiger partial charge in [-0.1, -0.05) is 6.07 Å². The van der Waals surface area contributed by atoms with Crippen LogP contribution in [0.25, 0.3) is 10.2 Å². The molecule has 5 nitrogen and oxygen atoms in total. The summed E-state index contributed by atoms with van der Waals surface area (Å²) in [5, 5.41) is 3.03. The zero-order chi connectivity index (χ0) is 16.5. The first kappa shape index (κ1) is 15.0. The van der Waals surface area contributed by atoms with Gasteiger partial charge in [-0.3, -0.25) is 4.79 Å². The number of amides is 1. The molecule has 0 radical (unpaired) electrons. The Morgan fingerprint density at radius 1 is 1.17 bits per heavy atom. The quantitative estimate of drug-likeness (QED) is 0.792. The van der Waals surface area contributed by atoms with Crippen molar-refractivity contribution in [3.63, 3.8) is 0 Å². The van der Waals surface area contributed by atoms with Gasteiger partial charge >= 0.3 is 0 Å². The molecule has 0 bridgehead atoms. The van der Waals surface area contributed by atoms with Crippen LogP contribution in [0.4, 0.5) is 0 Å². The van der Waals surface area contributed by atoms with Crippen molar-refractivity contribution >= 4 is 27.5 Å². The summed E-state index contributed by atoms with van der Waals surface area (Å²) >= 11 is 1.53. The van der Waals surface area contributed by atoms with Gasteiger partial charge in [-0.05, 0) is 42.8 Å². The van der Waals surface area contributed by atoms with Crippen molar-refractivity contribution < 1.29 is 14.3 Å². The Bertz CT molecular complexity index is 906. The van der Waals surface area contributed by atoms with Crippen LogP contribution in [0, 0.1) is 0 Å². The van der Waals surface area contributed by atoms with Crippen LogP contribution in [0.1, 0.15) is 28.9 Å². The number of carbonyl (C=O) groups is 1. The topological polar surface area (TPSA) is 60.5 Å². The molecule has 4 rings (SSSR count). The number of nitrogens with zero attached hydrogens (tertiary/aromatic N) is 1. The molecule has 1 aromatic heterocycles. The minimum absolute atomic E-state index is 0.104. The predicted octanol–water partition coefficient (Wildman–Crippen LogP) is 3.56. The van der Waals surface area contributed by atoms with E-state index in [2.05, 4.69) is 10.3 Å². The van der Waals surface area contributed by atoms with E-state index >= 15 is 0 Å². The monoisotopic (exact) mass is 340 g/mol. The molecule has 0 saturated carbocycles. The number of aromatic nitrogens is 1. The van der Waals surface area contributed by atoms with Crippen LogP contribution in [0.2, 0.25) is 0 Å². The minimum atomic E-state index is -0.134. The molecule has 24 heavy (non-hydrogen) atoms. The second-order valence-electron chi connectivity index (χ2n) is 5.63. The lowest BCUT2D eigenvalue weighted by molar-refractivity contribution is 0.0940. The van der Waals surface area contributed by atoms with E-state index in [4.69, 9.17) is 9.47 Å². The van der Waals surface area contributed by atoms with Crippen LogP contribution in [-0.4, -0.2) is 24.1 Å². The molecule has 122 valence electrons. The molecule has 0 spiro atoms. The molecule has 1 N–H and O–H groups in total. The fraction of sp³-hybridized carbons (Fsp3) is 0.222. The van der Waals surface area contributed by atoms with Gasteiger partial charge in [-0.15, -0.1) is 11.3 Å². The minimum Gasteiger partial charge on any atom is -0.486 e. The van der Waals surface area contributed by atoms with Gasteiger partial charge in [0.15, 0.2) is 11.5 Å². The summed E-state index contributed by atoms with van der Waals surface area (Å²) in [6, 6.07) is 11.2. The average molecular weight is 340 g/mol. The maximum atomic E-state index is 12.5. The van der Waals surface area contributed by atoms with Crippen molar-refractivity contribution in [2.24, 2.45) is 0 Å². The number of hydrogen-bond donors (Lipinski definition) is 1. The first-order valence-electron chi connectivity index (χ1n) is 7.74. The molecule has 2 aromatic carbocycles. The molecular weight excluding hydrogens is 324 g/mol. The van der Waals surface area contributed by atoms with Gasteiger partial charge in [-0.25, -0.2) is 4.98 Å². The first-order chi connectivity index (χ1) is 11.7. The van der Waals surface area contributed by atoms with Crippen molar-refractivity contribution in [3.8, 4) is 11.5 Å². The van der Waals surface area contributed by atoms with Crippen LogP contribution < -0.4 is 14.8 Å². The summed E-state index contributed by atoms with van der Waals surface area (Å²) < 4.78 is 12.1. The fourth-order valence-electron chi connectivity index (χ4n) is 2.69. The number of rotatable bonds is 3. The van der Waals surface area contributed by atoms with Crippen LogP contribution in [0.5, 0.6) is 11.5 Å². The summed E-state index contributed by atoms with van der Waals surface area (Å²) in [6.45, 7) is 3.07. The van der Waals surface area contributed by atoms with E-state index in [1.54, 1.807) is 11.6 Å². The number of thiazole rings is 1. The lowest BCUT2D eigenvalue weighted by atomic mass is 10.1. The zero-order valence-electron chi connectivity index (χ0n) is 13.1. The highest BCUT2D eigenvalue weighted by Crippen LogP contribution is 2.32. The van der Waals surface area contributed by atoms with E-state index < -0.39 is 0 Å². The Kier molecular flexibility index (Phi) is 3.82. The molecule has 1 aliphatic heterocycles. The van der Waals surface area contributed by atoms with Gasteiger partial charge in [-0.2, -0.15) is 0 Å². The van der Waals surface area contributed by atoms with Crippen LogP contribution in [0.15, 0.2) is 41.9 Å². The van der Waals surface area contributed by atoms with Gasteiger partial charge in [0.25, 0.3) is 5.91 Å². The van der Waals surface area contributed by atoms with Crippen molar-refractivity contribution in [1.82, 2.24) is 10.3 Å². The van der Waals surface area contributed by atoms with Gasteiger partial charge < -0.3 is 14.8 Å². The van der Waals surface area contributed by atoms with Crippen LogP contribution >= 0.6 is 11.3 Å². The number of fused-ring (bicyclic) bond motifs is 2. The fourth-order valence-corrected chi connectivity index (χ4v) is 3.41. The molecule has 0 saturated heterocycles. The Balaban J connectivity index is 1.52. The lowest BCUT2D eigenvalue weighted by Gasteiger charge is -2.21. The number of ether oxygens (including phenoxy) is 2. The van der Waals surface area contributed by atoms with E-state index in [0.29, 0.717) is 18.8 Å². The van der Waals surface area contributed by atoms with Gasteiger partial charge in [0.2, 0.25) is 0 Å². The van der Waals surface area contributed by atoms with E-state index in [-0.39, 0.29) is 11.9 Å². The Hall–Kier alpha value is -2.60. The summed E-state index contributed by atoms with van der Waals surface area (Å²) in [5.74, 6) is 1.37. The SMILES string of the molecule is C[C@@H](NC(=O)c1ccc2ncsc2c1)c1ccc2c(c1)OCCO2. The highest BCUT2D eigenvalue weighted by molar-refractivity contribution is 7.16. The Labute approximate surface area is 143 Å². The zero-order valence-corrected chi connectivity index (χ0v) is 13.9. The number of hydrogen-bond acceptors (Lipinski definition) is 5. The second-order valence-corrected chi connectivity index (χ2v) is 6.52. The largest absolute Gasteiger partial charge is 0.486 e. The third kappa shape index (κ3) is 2.80. The smallest absolute Gasteiger partial charge is 0.251 e. The molecule has 0 aliphatic carbocycles. The molecule has 1 atom stereocenters. The second kappa shape index (κ2) is 6.13. The first-order valence-corrected chi connectivity index (χ1v) is 8.62. The van der Waals surface area contributed by atoms with E-state index in [9.17, 15) is 4.79 Å². The van der Waals surface area contributed by atoms with Gasteiger partial charge in [0, 0.05) is 5.56 Å². The lowest BCUT2D eigenvalue weighted by Crippen LogP contribution is -2.26. The van der Waals surface area contributed by atoms with E-state index in [0.717, 1.165) is 27.3 Å². The Morgan fingerprint density at radius 2 is 2.00 bits per heavy atom. The summed E-state index contributed by atoms with van der Waals surface area (Å²) in [6.07, 6.45) is 0. The molecule has 0 fully saturated rings. The molecule has 0 unspecified atom stereocenters. The summed E-state index contributed by atoms with van der Waals surface area (Å²) in [4.78, 5) is 16.7. The maximum absolute atomic E-state index is 12.5. The van der Waals surface area contributed by atoms with Gasteiger partial charge in [0.1, 0.15) is 13.2 Å². The van der Waals surface area contributed by atoms with Gasteiger partial charge in [0.05, 0.1) is 21.8 Å². The number of benzene rings is 2. The van der Waals surface area contributed by atoms with Crippen molar-refractivity contribution in [3.05, 3.63) is 53.0 Å². The normalized spacial score (nSPS) is 14.4. The maximum Gasteiger partial charge on any atom is 0.251 e. The third-order valence-electron chi connectivity index (χ3n) is 4.01. The molecule has 6 heteroatoms. The number of carbonyl (C=O) groups excluding carboxylic acids is 1. The van der Waals surface area contributed by atoms with Crippen molar-refractivity contribution in [2.45, 2.75) is 13.0 Å². The van der Waals surface area contributed by atoms with E-state index in [1.807, 2.05) is 37.3 Å². The van der Waals surface area contributed by atoms with Crippen molar-refractivity contribution in [2.75, 3.05) is 13.2 Å². The summed E-state index contributed by atoms with van der Waals surface area (Å²) in [7, 11) is 0. The van der Waals surface area contributed by atoms with Crippen LogP contribution in [0.3, 0.4) is 0 Å². The summed E-state index contributed by atoms with van der Waals surface area (Å²) in [5.41, 5.74) is 4.31. The molecule has 3 aromatic rings. The predicted molar refractivity (Wildman–Crippen MR) is 92.9 cm³/mol. The third-order valence-corrected chi connectivity index (χ3v) is 4.80. The highest BCUT2D eigenvalue weighted by Gasteiger charge is 2.16. The average Bonchev–Trinajstić information content (AvgIpc) is 3.08. The molecular formula is C18H16N2O3S. The molecule has 1 amide bonds. The standard InChI is InChI=1S/C18H16N2O3S/c1-11(12-3-5-15-16(8-12)23-7-6-22-15)20-18(21)13-2-4-14-17(9-13)24-10-19-14/h2-5,8-11H,6-7H2,1H3,(H,20,21)/t11-/m1/s1. The van der Waals surface area contributed by atoms with Crippen LogP contribution in [-0.2, 0) is 0 Å². The Morgan fingerprint density at radius 3 is 2.88 bits per heavy atom. The highest BCUT2D eigenvalue weighted by atomic mass is 32.1. The van der Waals surface area contributed by atoms with Crippen molar-refractivity contribution in [1.29, 1.82) is 0 Å². The molecule has 1 aliphatic rings.